The zero-order chi connectivity index (χ0) is 18.6. The number of nitrogens with one attached hydrogen (secondary N) is 2. The highest BCUT2D eigenvalue weighted by molar-refractivity contribution is 7.14. The van der Waals surface area contributed by atoms with Crippen LogP contribution in [0.5, 0.6) is 0 Å². The van der Waals surface area contributed by atoms with Crippen molar-refractivity contribution < 1.29 is 9.59 Å². The molecule has 0 aliphatic carbocycles. The number of rotatable bonds is 6. The second-order valence-electron chi connectivity index (χ2n) is 6.45. The van der Waals surface area contributed by atoms with Crippen molar-refractivity contribution >= 4 is 28.8 Å². The van der Waals surface area contributed by atoms with Crippen LogP contribution in [0.3, 0.4) is 0 Å². The average molecular weight is 359 g/mol. The van der Waals surface area contributed by atoms with E-state index in [1.165, 1.54) is 21.8 Å². The van der Waals surface area contributed by atoms with E-state index in [0.29, 0.717) is 4.88 Å². The molecular weight excluding hydrogens is 332 g/mol. The Hall–Kier alpha value is -2.14. The van der Waals surface area contributed by atoms with Crippen molar-refractivity contribution in [3.05, 3.63) is 50.2 Å². The molecule has 1 heterocycles. The third kappa shape index (κ3) is 4.92. The van der Waals surface area contributed by atoms with Gasteiger partial charge in [0.1, 0.15) is 0 Å². The minimum Gasteiger partial charge on any atom is -0.342 e. The second kappa shape index (κ2) is 8.30. The van der Waals surface area contributed by atoms with Crippen LogP contribution in [0, 0.1) is 27.7 Å². The van der Waals surface area contributed by atoms with Crippen LogP contribution in [-0.4, -0.2) is 18.4 Å². The highest BCUT2D eigenvalue weighted by Crippen LogP contribution is 2.23. The monoisotopic (exact) mass is 358 g/mol. The van der Waals surface area contributed by atoms with Gasteiger partial charge in [0.15, 0.2) is 0 Å². The van der Waals surface area contributed by atoms with Gasteiger partial charge in [0.05, 0.1) is 11.4 Å². The Morgan fingerprint density at radius 3 is 2.28 bits per heavy atom. The molecule has 0 saturated carbocycles. The smallest absolute Gasteiger partial charge is 0.261 e. The van der Waals surface area contributed by atoms with Crippen molar-refractivity contribution in [1.82, 2.24) is 5.32 Å². The summed E-state index contributed by atoms with van der Waals surface area (Å²) >= 11 is 1.48. The molecule has 4 nitrogen and oxygen atoms in total. The highest BCUT2D eigenvalue weighted by atomic mass is 32.1. The standard InChI is InChI=1S/C20H26N2O2S/c1-6-7-16-10-17(25-15(16)5)20(24)21-11-18(23)22-19-13(3)8-12(2)9-14(19)4/h8-10H,6-7,11H2,1-5H3,(H,21,24)(H,22,23). The van der Waals surface area contributed by atoms with Gasteiger partial charge in [0.2, 0.25) is 5.91 Å². The van der Waals surface area contributed by atoms with Crippen LogP contribution >= 0.6 is 11.3 Å². The average Bonchev–Trinajstić information content (AvgIpc) is 2.90. The van der Waals surface area contributed by atoms with Crippen LogP contribution in [0.4, 0.5) is 5.69 Å². The van der Waals surface area contributed by atoms with Gasteiger partial charge in [-0.05, 0) is 56.9 Å². The maximum absolute atomic E-state index is 12.3. The molecule has 134 valence electrons. The number of hydrogen-bond acceptors (Lipinski definition) is 3. The quantitative estimate of drug-likeness (QED) is 0.809. The normalized spacial score (nSPS) is 10.6. The molecule has 2 amide bonds. The minimum absolute atomic E-state index is 0.0361. The van der Waals surface area contributed by atoms with Crippen molar-refractivity contribution in [2.24, 2.45) is 0 Å². The maximum Gasteiger partial charge on any atom is 0.261 e. The maximum atomic E-state index is 12.3. The molecule has 0 bridgehead atoms. The number of anilines is 1. The third-order valence-corrected chi connectivity index (χ3v) is 5.21. The molecule has 1 aromatic carbocycles. The van der Waals surface area contributed by atoms with Crippen molar-refractivity contribution in [2.75, 3.05) is 11.9 Å². The molecule has 2 aromatic rings. The molecule has 0 saturated heterocycles. The number of carbonyl (C=O) groups is 2. The molecule has 0 aliphatic heterocycles. The first-order valence-electron chi connectivity index (χ1n) is 8.57. The molecular formula is C20H26N2O2S. The van der Waals surface area contributed by atoms with Gasteiger partial charge in [0, 0.05) is 10.6 Å². The van der Waals surface area contributed by atoms with Crippen molar-refractivity contribution in [3.8, 4) is 0 Å². The molecule has 0 aliphatic rings. The fourth-order valence-electron chi connectivity index (χ4n) is 2.96. The fourth-order valence-corrected chi connectivity index (χ4v) is 3.95. The van der Waals surface area contributed by atoms with Crippen LogP contribution in [0.15, 0.2) is 18.2 Å². The van der Waals surface area contributed by atoms with Crippen LogP contribution in [0.1, 0.15) is 50.1 Å². The van der Waals surface area contributed by atoms with Gasteiger partial charge < -0.3 is 10.6 Å². The van der Waals surface area contributed by atoms with Gasteiger partial charge in [-0.1, -0.05) is 31.0 Å². The third-order valence-electron chi connectivity index (χ3n) is 4.11. The van der Waals surface area contributed by atoms with Crippen molar-refractivity contribution in [1.29, 1.82) is 0 Å². The van der Waals surface area contributed by atoms with Gasteiger partial charge in [-0.3, -0.25) is 9.59 Å². The van der Waals surface area contributed by atoms with E-state index in [1.54, 1.807) is 0 Å². The summed E-state index contributed by atoms with van der Waals surface area (Å²) in [5, 5.41) is 5.61. The van der Waals surface area contributed by atoms with Gasteiger partial charge in [0.25, 0.3) is 5.91 Å². The van der Waals surface area contributed by atoms with Crippen molar-refractivity contribution in [2.45, 2.75) is 47.5 Å². The topological polar surface area (TPSA) is 58.2 Å². The van der Waals surface area contributed by atoms with Crippen LogP contribution < -0.4 is 10.6 Å². The van der Waals surface area contributed by atoms with E-state index < -0.39 is 0 Å². The van der Waals surface area contributed by atoms with E-state index in [0.717, 1.165) is 35.2 Å². The van der Waals surface area contributed by atoms with Gasteiger partial charge in [-0.25, -0.2) is 0 Å². The van der Waals surface area contributed by atoms with Crippen molar-refractivity contribution in [3.63, 3.8) is 0 Å². The number of thiophene rings is 1. The van der Waals surface area contributed by atoms with E-state index in [-0.39, 0.29) is 18.4 Å². The Morgan fingerprint density at radius 1 is 1.04 bits per heavy atom. The molecule has 5 heteroatoms. The summed E-state index contributed by atoms with van der Waals surface area (Å²) < 4.78 is 0. The summed E-state index contributed by atoms with van der Waals surface area (Å²) in [5.74, 6) is -0.409. The summed E-state index contributed by atoms with van der Waals surface area (Å²) in [7, 11) is 0. The summed E-state index contributed by atoms with van der Waals surface area (Å²) in [4.78, 5) is 26.3. The number of carbonyl (C=O) groups excluding carboxylic acids is 2. The first-order chi connectivity index (χ1) is 11.8. The number of hydrogen-bond donors (Lipinski definition) is 2. The Bertz CT molecular complexity index is 770. The highest BCUT2D eigenvalue weighted by Gasteiger charge is 2.14. The molecule has 0 unspecified atom stereocenters. The van der Waals surface area contributed by atoms with Gasteiger partial charge >= 0.3 is 0 Å². The Labute approximate surface area is 153 Å². The van der Waals surface area contributed by atoms with Crippen LogP contribution in [0.25, 0.3) is 0 Å². The summed E-state index contributed by atoms with van der Waals surface area (Å²) in [6.45, 7) is 10.1. The SMILES string of the molecule is CCCc1cc(C(=O)NCC(=O)Nc2c(C)cc(C)cc2C)sc1C. The Kier molecular flexibility index (Phi) is 6.37. The predicted octanol–water partition coefficient (Wildman–Crippen LogP) is 4.30. The lowest BCUT2D eigenvalue weighted by atomic mass is 10.1. The van der Waals surface area contributed by atoms with E-state index >= 15 is 0 Å². The molecule has 0 spiro atoms. The number of amides is 2. The summed E-state index contributed by atoms with van der Waals surface area (Å²) in [5.41, 5.74) is 5.25. The minimum atomic E-state index is -0.217. The summed E-state index contributed by atoms with van der Waals surface area (Å²) in [6, 6.07) is 6.00. The van der Waals surface area contributed by atoms with E-state index in [1.807, 2.05) is 45.9 Å². The number of aryl methyl sites for hydroxylation is 5. The first-order valence-corrected chi connectivity index (χ1v) is 9.38. The van der Waals surface area contributed by atoms with Crippen LogP contribution in [-0.2, 0) is 11.2 Å². The first kappa shape index (κ1) is 19.2. The molecule has 2 N–H and O–H groups in total. The molecule has 2 rings (SSSR count). The fraction of sp³-hybridized carbons (Fsp3) is 0.400. The molecule has 0 fully saturated rings. The Morgan fingerprint density at radius 2 is 1.68 bits per heavy atom. The summed E-state index contributed by atoms with van der Waals surface area (Å²) in [6.07, 6.45) is 2.03. The second-order valence-corrected chi connectivity index (χ2v) is 7.70. The van der Waals surface area contributed by atoms with Gasteiger partial charge in [-0.2, -0.15) is 0 Å². The van der Waals surface area contributed by atoms with Gasteiger partial charge in [-0.15, -0.1) is 11.3 Å². The van der Waals surface area contributed by atoms with E-state index in [2.05, 4.69) is 17.6 Å². The molecule has 0 atom stereocenters. The number of benzene rings is 1. The zero-order valence-electron chi connectivity index (χ0n) is 15.6. The molecule has 25 heavy (non-hydrogen) atoms. The molecule has 1 aromatic heterocycles. The zero-order valence-corrected chi connectivity index (χ0v) is 16.4. The van der Waals surface area contributed by atoms with Crippen LogP contribution in [0.2, 0.25) is 0 Å². The predicted molar refractivity (Wildman–Crippen MR) is 105 cm³/mol. The van der Waals surface area contributed by atoms with E-state index in [9.17, 15) is 9.59 Å². The lowest BCUT2D eigenvalue weighted by Crippen LogP contribution is -2.32. The Balaban J connectivity index is 1.96. The molecule has 0 radical (unpaired) electrons. The largest absolute Gasteiger partial charge is 0.342 e. The van der Waals surface area contributed by atoms with E-state index in [4.69, 9.17) is 0 Å². The lowest BCUT2D eigenvalue weighted by molar-refractivity contribution is -0.115. The lowest BCUT2D eigenvalue weighted by Gasteiger charge is -2.13.